The van der Waals surface area contributed by atoms with E-state index in [1.807, 2.05) is 14.0 Å². The van der Waals surface area contributed by atoms with Gasteiger partial charge in [0.05, 0.1) is 12.5 Å². The van der Waals surface area contributed by atoms with Gasteiger partial charge in [-0.2, -0.15) is 0 Å². The van der Waals surface area contributed by atoms with Gasteiger partial charge >= 0.3 is 0 Å². The summed E-state index contributed by atoms with van der Waals surface area (Å²) in [4.78, 5) is 14.6. The summed E-state index contributed by atoms with van der Waals surface area (Å²) in [5, 5.41) is 2.80. The predicted octanol–water partition coefficient (Wildman–Crippen LogP) is 2.50. The summed E-state index contributed by atoms with van der Waals surface area (Å²) in [5.41, 5.74) is 0.0337. The molecule has 110 valence electrons. The second-order valence-corrected chi connectivity index (χ2v) is 5.71. The standard InChI is InChI=1S/C15H21FN2O2/c1-15(7-4-8-18(2)10-15)14(19)17-11-5-6-13(20-3)12(16)9-11/h5-6,9H,4,7-8,10H2,1-3H3,(H,17,19). The summed E-state index contributed by atoms with van der Waals surface area (Å²) in [5.74, 6) is -0.364. The van der Waals surface area contributed by atoms with E-state index in [4.69, 9.17) is 4.74 Å². The molecule has 0 radical (unpaired) electrons. The second kappa shape index (κ2) is 5.79. The van der Waals surface area contributed by atoms with Gasteiger partial charge in [-0.1, -0.05) is 0 Å². The van der Waals surface area contributed by atoms with Crippen molar-refractivity contribution >= 4 is 11.6 Å². The third-order valence-corrected chi connectivity index (χ3v) is 3.85. The molecule has 0 aromatic heterocycles. The molecular weight excluding hydrogens is 259 g/mol. The van der Waals surface area contributed by atoms with Crippen molar-refractivity contribution < 1.29 is 13.9 Å². The maximum atomic E-state index is 13.6. The van der Waals surface area contributed by atoms with Crippen molar-refractivity contribution in [2.45, 2.75) is 19.8 Å². The molecule has 1 N–H and O–H groups in total. The fourth-order valence-corrected chi connectivity index (χ4v) is 2.70. The van der Waals surface area contributed by atoms with Crippen molar-refractivity contribution in [2.75, 3.05) is 32.6 Å². The molecule has 0 spiro atoms. The van der Waals surface area contributed by atoms with Crippen molar-refractivity contribution in [3.63, 3.8) is 0 Å². The average molecular weight is 280 g/mol. The Bertz CT molecular complexity index is 507. The lowest BCUT2D eigenvalue weighted by molar-refractivity contribution is -0.127. The van der Waals surface area contributed by atoms with Gasteiger partial charge in [0.15, 0.2) is 11.6 Å². The van der Waals surface area contributed by atoms with Gasteiger partial charge in [-0.3, -0.25) is 4.79 Å². The number of nitrogens with one attached hydrogen (secondary N) is 1. The van der Waals surface area contributed by atoms with Gasteiger partial charge < -0.3 is 15.0 Å². The van der Waals surface area contributed by atoms with E-state index in [0.717, 1.165) is 25.9 Å². The fourth-order valence-electron chi connectivity index (χ4n) is 2.70. The van der Waals surface area contributed by atoms with Crippen LogP contribution in [0.15, 0.2) is 18.2 Å². The van der Waals surface area contributed by atoms with Crippen molar-refractivity contribution in [1.82, 2.24) is 4.90 Å². The SMILES string of the molecule is COc1ccc(NC(=O)C2(C)CCCN(C)C2)cc1F. The number of anilines is 1. The highest BCUT2D eigenvalue weighted by molar-refractivity contribution is 5.95. The molecular formula is C15H21FN2O2. The normalized spacial score (nSPS) is 23.4. The molecule has 1 saturated heterocycles. The Morgan fingerprint density at radius 3 is 2.85 bits per heavy atom. The lowest BCUT2D eigenvalue weighted by atomic mass is 9.81. The number of amides is 1. The van der Waals surface area contributed by atoms with Crippen LogP contribution >= 0.6 is 0 Å². The highest BCUT2D eigenvalue weighted by atomic mass is 19.1. The average Bonchev–Trinajstić information content (AvgIpc) is 2.38. The minimum Gasteiger partial charge on any atom is -0.494 e. The molecule has 0 saturated carbocycles. The fraction of sp³-hybridized carbons (Fsp3) is 0.533. The molecule has 1 aromatic rings. The lowest BCUT2D eigenvalue weighted by Gasteiger charge is -2.37. The number of halogens is 1. The molecule has 5 heteroatoms. The number of carbonyl (C=O) groups excluding carboxylic acids is 1. The first kappa shape index (κ1) is 14.8. The maximum Gasteiger partial charge on any atom is 0.231 e. The number of methoxy groups -OCH3 is 1. The van der Waals surface area contributed by atoms with E-state index < -0.39 is 11.2 Å². The van der Waals surface area contributed by atoms with Gasteiger partial charge in [0.2, 0.25) is 5.91 Å². The highest BCUT2D eigenvalue weighted by Crippen LogP contribution is 2.30. The van der Waals surface area contributed by atoms with Gasteiger partial charge in [-0.25, -0.2) is 4.39 Å². The number of benzene rings is 1. The monoisotopic (exact) mass is 280 g/mol. The van der Waals surface area contributed by atoms with Crippen LogP contribution in [0.25, 0.3) is 0 Å². The predicted molar refractivity (Wildman–Crippen MR) is 76.4 cm³/mol. The Morgan fingerprint density at radius 2 is 2.25 bits per heavy atom. The van der Waals surface area contributed by atoms with E-state index in [9.17, 15) is 9.18 Å². The summed E-state index contributed by atoms with van der Waals surface area (Å²) < 4.78 is 18.5. The van der Waals surface area contributed by atoms with Crippen LogP contribution in [0, 0.1) is 11.2 Å². The molecule has 0 bridgehead atoms. The second-order valence-electron chi connectivity index (χ2n) is 5.71. The molecule has 1 aliphatic heterocycles. The lowest BCUT2D eigenvalue weighted by Crippen LogP contribution is -2.46. The number of carbonyl (C=O) groups is 1. The molecule has 4 nitrogen and oxygen atoms in total. The van der Waals surface area contributed by atoms with Crippen LogP contribution in [-0.2, 0) is 4.79 Å². The Kier molecular flexibility index (Phi) is 4.28. The third kappa shape index (κ3) is 3.10. The third-order valence-electron chi connectivity index (χ3n) is 3.85. The van der Waals surface area contributed by atoms with Crippen LogP contribution in [0.1, 0.15) is 19.8 Å². The number of nitrogens with zero attached hydrogens (tertiary/aromatic N) is 1. The number of ether oxygens (including phenoxy) is 1. The molecule has 2 rings (SSSR count). The number of hydrogen-bond donors (Lipinski definition) is 1. The molecule has 1 aromatic carbocycles. The number of rotatable bonds is 3. The van der Waals surface area contributed by atoms with Gasteiger partial charge in [-0.15, -0.1) is 0 Å². The van der Waals surface area contributed by atoms with E-state index in [1.165, 1.54) is 19.2 Å². The smallest absolute Gasteiger partial charge is 0.231 e. The van der Waals surface area contributed by atoms with Gasteiger partial charge in [0.25, 0.3) is 0 Å². The van der Waals surface area contributed by atoms with Crippen LogP contribution in [0.4, 0.5) is 10.1 Å². The quantitative estimate of drug-likeness (QED) is 0.925. The Balaban J connectivity index is 2.09. The topological polar surface area (TPSA) is 41.6 Å². The molecule has 20 heavy (non-hydrogen) atoms. The van der Waals surface area contributed by atoms with E-state index in [0.29, 0.717) is 5.69 Å². The van der Waals surface area contributed by atoms with Crippen LogP contribution in [-0.4, -0.2) is 38.1 Å². The van der Waals surface area contributed by atoms with Gasteiger partial charge in [0, 0.05) is 18.3 Å². The molecule has 1 unspecified atom stereocenters. The zero-order valence-corrected chi connectivity index (χ0v) is 12.2. The van der Waals surface area contributed by atoms with Gasteiger partial charge in [-0.05, 0) is 45.5 Å². The summed E-state index contributed by atoms with van der Waals surface area (Å²) in [6, 6.07) is 4.45. The zero-order valence-electron chi connectivity index (χ0n) is 12.2. The first-order valence-corrected chi connectivity index (χ1v) is 6.78. The van der Waals surface area contributed by atoms with Crippen molar-refractivity contribution in [2.24, 2.45) is 5.41 Å². The van der Waals surface area contributed by atoms with Crippen molar-refractivity contribution in [1.29, 1.82) is 0 Å². The highest BCUT2D eigenvalue weighted by Gasteiger charge is 2.36. The molecule has 1 aliphatic rings. The summed E-state index contributed by atoms with van der Waals surface area (Å²) >= 11 is 0. The minimum atomic E-state index is -0.476. The van der Waals surface area contributed by atoms with Crippen molar-refractivity contribution in [3.05, 3.63) is 24.0 Å². The van der Waals surface area contributed by atoms with Crippen LogP contribution in [0.3, 0.4) is 0 Å². The number of hydrogen-bond acceptors (Lipinski definition) is 3. The number of piperidine rings is 1. The van der Waals surface area contributed by atoms with Crippen LogP contribution < -0.4 is 10.1 Å². The largest absolute Gasteiger partial charge is 0.494 e. The molecule has 1 heterocycles. The zero-order chi connectivity index (χ0) is 14.8. The molecule has 1 atom stereocenters. The number of likely N-dealkylation sites (tertiary alicyclic amines) is 1. The Morgan fingerprint density at radius 1 is 1.50 bits per heavy atom. The first-order valence-electron chi connectivity index (χ1n) is 6.78. The summed E-state index contributed by atoms with van der Waals surface area (Å²) in [6.45, 7) is 3.69. The summed E-state index contributed by atoms with van der Waals surface area (Å²) in [6.07, 6.45) is 1.85. The van der Waals surface area contributed by atoms with Crippen molar-refractivity contribution in [3.8, 4) is 5.75 Å². The van der Waals surface area contributed by atoms with E-state index in [1.54, 1.807) is 6.07 Å². The Labute approximate surface area is 118 Å². The first-order chi connectivity index (χ1) is 9.44. The minimum absolute atomic E-state index is 0.0615. The molecule has 0 aliphatic carbocycles. The Hall–Kier alpha value is -1.62. The van der Waals surface area contributed by atoms with Crippen LogP contribution in [0.2, 0.25) is 0 Å². The van der Waals surface area contributed by atoms with E-state index in [-0.39, 0.29) is 11.7 Å². The van der Waals surface area contributed by atoms with Crippen LogP contribution in [0.5, 0.6) is 5.75 Å². The maximum absolute atomic E-state index is 13.6. The molecule has 1 amide bonds. The van der Waals surface area contributed by atoms with E-state index >= 15 is 0 Å². The molecule has 1 fully saturated rings. The summed E-state index contributed by atoms with van der Waals surface area (Å²) in [7, 11) is 3.42. The van der Waals surface area contributed by atoms with Gasteiger partial charge in [0.1, 0.15) is 0 Å². The van der Waals surface area contributed by atoms with E-state index in [2.05, 4.69) is 10.2 Å².